The zero-order chi connectivity index (χ0) is 9.40. The third-order valence-electron chi connectivity index (χ3n) is 1.20. The van der Waals surface area contributed by atoms with Crippen LogP contribution in [0.5, 0.6) is 0 Å². The fourth-order valence-corrected chi connectivity index (χ4v) is 0.418. The molecule has 1 heterocycles. The van der Waals surface area contributed by atoms with Crippen LogP contribution in [0.2, 0.25) is 0 Å². The fraction of sp³-hybridized carbons (Fsp3) is 0.375. The van der Waals surface area contributed by atoms with Crippen molar-refractivity contribution < 1.29 is 4.79 Å². The SMILES string of the molecule is CNN(C)C.O=Cc1ccc[nH]1. The van der Waals surface area contributed by atoms with Crippen molar-refractivity contribution in [2.45, 2.75) is 0 Å². The number of hydrazine groups is 1. The second-order valence-electron chi connectivity index (χ2n) is 2.36. The molecule has 0 aliphatic heterocycles. The summed E-state index contributed by atoms with van der Waals surface area (Å²) in [4.78, 5) is 12.6. The van der Waals surface area contributed by atoms with Crippen LogP contribution in [-0.2, 0) is 0 Å². The van der Waals surface area contributed by atoms with Gasteiger partial charge in [-0.1, -0.05) is 0 Å². The van der Waals surface area contributed by atoms with Crippen LogP contribution in [0.1, 0.15) is 10.5 Å². The van der Waals surface area contributed by atoms with Gasteiger partial charge in [0.2, 0.25) is 0 Å². The van der Waals surface area contributed by atoms with E-state index in [1.807, 2.05) is 26.2 Å². The predicted octanol–water partition coefficient (Wildman–Crippen LogP) is 0.510. The number of hydrogen-bond acceptors (Lipinski definition) is 3. The molecule has 0 aliphatic rings. The van der Waals surface area contributed by atoms with Gasteiger partial charge in [-0.05, 0) is 19.2 Å². The standard InChI is InChI=1S/C5H5NO.C3H10N2/c7-4-5-2-1-3-6-5;1-4-5(2)3/h1-4,6H;4H,1-3H3. The van der Waals surface area contributed by atoms with E-state index in [1.54, 1.807) is 18.3 Å². The highest BCUT2D eigenvalue weighted by molar-refractivity contribution is 5.71. The van der Waals surface area contributed by atoms with E-state index in [9.17, 15) is 4.79 Å². The molecular weight excluding hydrogens is 154 g/mol. The lowest BCUT2D eigenvalue weighted by Gasteiger charge is -2.02. The summed E-state index contributed by atoms with van der Waals surface area (Å²) in [7, 11) is 5.76. The van der Waals surface area contributed by atoms with Crippen molar-refractivity contribution in [1.29, 1.82) is 0 Å². The quantitative estimate of drug-likeness (QED) is 0.501. The average molecular weight is 169 g/mol. The lowest BCUT2D eigenvalue weighted by Crippen LogP contribution is -2.25. The van der Waals surface area contributed by atoms with Gasteiger partial charge in [0.15, 0.2) is 6.29 Å². The zero-order valence-corrected chi connectivity index (χ0v) is 7.66. The van der Waals surface area contributed by atoms with Crippen LogP contribution in [0.4, 0.5) is 0 Å². The minimum absolute atomic E-state index is 0.625. The maximum atomic E-state index is 9.84. The molecule has 1 aromatic heterocycles. The molecule has 0 fully saturated rings. The highest BCUT2D eigenvalue weighted by atomic mass is 16.1. The second-order valence-corrected chi connectivity index (χ2v) is 2.36. The first-order chi connectivity index (χ1) is 5.70. The van der Waals surface area contributed by atoms with Crippen molar-refractivity contribution in [2.24, 2.45) is 0 Å². The molecule has 1 rings (SSSR count). The smallest absolute Gasteiger partial charge is 0.166 e. The van der Waals surface area contributed by atoms with Crippen molar-refractivity contribution in [3.63, 3.8) is 0 Å². The number of aromatic amines is 1. The van der Waals surface area contributed by atoms with E-state index in [1.165, 1.54) is 0 Å². The van der Waals surface area contributed by atoms with Gasteiger partial charge in [0.05, 0.1) is 5.69 Å². The Bertz CT molecular complexity index is 194. The summed E-state index contributed by atoms with van der Waals surface area (Å²) in [5.41, 5.74) is 3.49. The van der Waals surface area contributed by atoms with Crippen molar-refractivity contribution in [3.05, 3.63) is 24.0 Å². The summed E-state index contributed by atoms with van der Waals surface area (Å²) >= 11 is 0. The molecule has 0 spiro atoms. The van der Waals surface area contributed by atoms with Gasteiger partial charge in [0, 0.05) is 20.3 Å². The van der Waals surface area contributed by atoms with E-state index in [-0.39, 0.29) is 0 Å². The largest absolute Gasteiger partial charge is 0.359 e. The monoisotopic (exact) mass is 169 g/mol. The Balaban J connectivity index is 0.000000217. The van der Waals surface area contributed by atoms with E-state index in [2.05, 4.69) is 10.4 Å². The van der Waals surface area contributed by atoms with E-state index >= 15 is 0 Å². The molecule has 4 heteroatoms. The summed E-state index contributed by atoms with van der Waals surface area (Å²) in [5, 5.41) is 1.88. The first-order valence-corrected chi connectivity index (χ1v) is 3.64. The van der Waals surface area contributed by atoms with Crippen LogP contribution in [0.15, 0.2) is 18.3 Å². The van der Waals surface area contributed by atoms with Crippen molar-refractivity contribution in [2.75, 3.05) is 21.1 Å². The number of carbonyl (C=O) groups excluding carboxylic acids is 1. The molecule has 0 saturated carbocycles. The van der Waals surface area contributed by atoms with Crippen molar-refractivity contribution in [3.8, 4) is 0 Å². The molecule has 0 radical (unpaired) electrons. The Morgan fingerprint density at radius 3 is 2.33 bits per heavy atom. The normalized spacial score (nSPS) is 9.00. The Labute approximate surface area is 72.5 Å². The van der Waals surface area contributed by atoms with Gasteiger partial charge >= 0.3 is 0 Å². The molecule has 0 unspecified atom stereocenters. The van der Waals surface area contributed by atoms with Crippen molar-refractivity contribution >= 4 is 6.29 Å². The second kappa shape index (κ2) is 6.57. The number of aldehydes is 1. The number of H-pyrrole nitrogens is 1. The average Bonchev–Trinajstić information content (AvgIpc) is 2.57. The van der Waals surface area contributed by atoms with Gasteiger partial charge in [-0.25, -0.2) is 0 Å². The Morgan fingerprint density at radius 1 is 1.58 bits per heavy atom. The first-order valence-electron chi connectivity index (χ1n) is 3.64. The van der Waals surface area contributed by atoms with Crippen LogP contribution < -0.4 is 5.43 Å². The van der Waals surface area contributed by atoms with E-state index in [4.69, 9.17) is 0 Å². The molecule has 0 aromatic carbocycles. The third-order valence-corrected chi connectivity index (χ3v) is 1.20. The van der Waals surface area contributed by atoms with Crippen LogP contribution in [0.3, 0.4) is 0 Å². The molecule has 0 aliphatic carbocycles. The van der Waals surface area contributed by atoms with Gasteiger partial charge in [0.25, 0.3) is 0 Å². The van der Waals surface area contributed by atoms with E-state index in [0.29, 0.717) is 5.69 Å². The summed E-state index contributed by atoms with van der Waals surface area (Å²) in [6.07, 6.45) is 2.49. The molecule has 0 amide bonds. The summed E-state index contributed by atoms with van der Waals surface area (Å²) in [5.74, 6) is 0. The number of nitrogens with one attached hydrogen (secondary N) is 2. The minimum Gasteiger partial charge on any atom is -0.359 e. The van der Waals surface area contributed by atoms with Gasteiger partial charge in [-0.3, -0.25) is 15.2 Å². The molecular formula is C8H15N3O. The molecule has 1 aromatic rings. The molecule has 0 saturated heterocycles. The molecule has 4 nitrogen and oxygen atoms in total. The predicted molar refractivity (Wildman–Crippen MR) is 48.9 cm³/mol. The summed E-state index contributed by atoms with van der Waals surface area (Å²) in [6, 6.07) is 3.50. The van der Waals surface area contributed by atoms with Crippen molar-refractivity contribution in [1.82, 2.24) is 15.4 Å². The highest BCUT2D eigenvalue weighted by Crippen LogP contribution is 1.85. The van der Waals surface area contributed by atoms with Crippen LogP contribution in [0, 0.1) is 0 Å². The summed E-state index contributed by atoms with van der Waals surface area (Å²) < 4.78 is 0. The number of aromatic nitrogens is 1. The Morgan fingerprint density at radius 2 is 2.17 bits per heavy atom. The number of carbonyl (C=O) groups is 1. The molecule has 2 N–H and O–H groups in total. The first kappa shape index (κ1) is 10.9. The van der Waals surface area contributed by atoms with Crippen LogP contribution >= 0.6 is 0 Å². The maximum absolute atomic E-state index is 9.84. The van der Waals surface area contributed by atoms with E-state index in [0.717, 1.165) is 6.29 Å². The van der Waals surface area contributed by atoms with Gasteiger partial charge in [-0.15, -0.1) is 0 Å². The zero-order valence-electron chi connectivity index (χ0n) is 7.66. The molecule has 0 atom stereocenters. The highest BCUT2D eigenvalue weighted by Gasteiger charge is 1.81. The fourth-order valence-electron chi connectivity index (χ4n) is 0.418. The number of rotatable bonds is 2. The minimum atomic E-state index is 0.625. The third kappa shape index (κ3) is 5.64. The van der Waals surface area contributed by atoms with Crippen LogP contribution in [-0.4, -0.2) is 37.4 Å². The van der Waals surface area contributed by atoms with Gasteiger partial charge in [-0.2, -0.15) is 0 Å². The summed E-state index contributed by atoms with van der Waals surface area (Å²) in [6.45, 7) is 0. The lowest BCUT2D eigenvalue weighted by atomic mass is 10.5. The van der Waals surface area contributed by atoms with E-state index < -0.39 is 0 Å². The number of nitrogens with zero attached hydrogens (tertiary/aromatic N) is 1. The molecule has 12 heavy (non-hydrogen) atoms. The van der Waals surface area contributed by atoms with Gasteiger partial charge in [0.1, 0.15) is 0 Å². The molecule has 68 valence electrons. The van der Waals surface area contributed by atoms with Gasteiger partial charge < -0.3 is 4.98 Å². The lowest BCUT2D eigenvalue weighted by molar-refractivity contribution is 0.111. The Kier molecular flexibility index (Phi) is 5.95. The molecule has 0 bridgehead atoms. The van der Waals surface area contributed by atoms with Crippen LogP contribution in [0.25, 0.3) is 0 Å². The topological polar surface area (TPSA) is 48.1 Å². The maximum Gasteiger partial charge on any atom is 0.166 e. The number of hydrogen-bond donors (Lipinski definition) is 2. The Hall–Kier alpha value is -1.13.